The molecular weight excluding hydrogens is 230 g/mol. The van der Waals surface area contributed by atoms with Gasteiger partial charge in [-0.25, -0.2) is 9.78 Å². The first-order valence-electron chi connectivity index (χ1n) is 4.34. The van der Waals surface area contributed by atoms with Gasteiger partial charge in [0.25, 0.3) is 5.56 Å². The van der Waals surface area contributed by atoms with Crippen molar-refractivity contribution in [2.45, 2.75) is 6.92 Å². The smallest absolute Gasteiger partial charge is 0.356 e. The molecular formula is C9H7N3O3S. The van der Waals surface area contributed by atoms with Crippen LogP contribution in [-0.4, -0.2) is 25.8 Å². The van der Waals surface area contributed by atoms with Gasteiger partial charge in [-0.2, -0.15) is 9.78 Å². The second-order valence-electron chi connectivity index (χ2n) is 2.99. The van der Waals surface area contributed by atoms with Gasteiger partial charge in [-0.1, -0.05) is 11.3 Å². The quantitative estimate of drug-likeness (QED) is 0.830. The zero-order chi connectivity index (χ0) is 11.7. The topological polar surface area (TPSA) is 85.1 Å². The predicted octanol–water partition coefficient (Wildman–Crippen LogP) is 0.696. The van der Waals surface area contributed by atoms with Crippen LogP contribution in [0.2, 0.25) is 0 Å². The van der Waals surface area contributed by atoms with E-state index >= 15 is 0 Å². The van der Waals surface area contributed by atoms with E-state index in [2.05, 4.69) is 10.1 Å². The van der Waals surface area contributed by atoms with Crippen molar-refractivity contribution >= 4 is 17.3 Å². The highest BCUT2D eigenvalue weighted by atomic mass is 32.1. The number of carboxylic acid groups (broad SMARTS) is 1. The van der Waals surface area contributed by atoms with E-state index in [4.69, 9.17) is 5.11 Å². The maximum absolute atomic E-state index is 11.5. The summed E-state index contributed by atoms with van der Waals surface area (Å²) >= 11 is 1.27. The molecule has 0 amide bonds. The third-order valence-corrected chi connectivity index (χ3v) is 2.73. The number of aromatic carboxylic acids is 1. The van der Waals surface area contributed by atoms with Crippen LogP contribution in [0.15, 0.2) is 23.1 Å². The Labute approximate surface area is 93.8 Å². The monoisotopic (exact) mass is 237 g/mol. The molecule has 0 atom stereocenters. The van der Waals surface area contributed by atoms with Crippen molar-refractivity contribution in [3.63, 3.8) is 0 Å². The van der Waals surface area contributed by atoms with Gasteiger partial charge in [-0.3, -0.25) is 4.79 Å². The van der Waals surface area contributed by atoms with Gasteiger partial charge in [0, 0.05) is 6.07 Å². The second kappa shape index (κ2) is 3.86. The molecule has 0 bridgehead atoms. The third-order valence-electron chi connectivity index (χ3n) is 1.84. The highest BCUT2D eigenvalue weighted by Gasteiger charge is 2.10. The number of thiazole rings is 1. The molecule has 0 saturated carbocycles. The molecule has 0 aliphatic rings. The molecule has 0 radical (unpaired) electrons. The van der Waals surface area contributed by atoms with E-state index in [0.717, 1.165) is 9.69 Å². The number of hydrogen-bond donors (Lipinski definition) is 1. The van der Waals surface area contributed by atoms with Crippen molar-refractivity contribution in [2.75, 3.05) is 0 Å². The van der Waals surface area contributed by atoms with E-state index in [1.165, 1.54) is 29.7 Å². The summed E-state index contributed by atoms with van der Waals surface area (Å²) in [6.45, 7) is 1.79. The van der Waals surface area contributed by atoms with E-state index in [1.807, 2.05) is 0 Å². The Hall–Kier alpha value is -2.02. The molecule has 0 aliphatic heterocycles. The summed E-state index contributed by atoms with van der Waals surface area (Å²) in [5, 5.41) is 13.8. The molecule has 2 aromatic heterocycles. The van der Waals surface area contributed by atoms with Crippen LogP contribution < -0.4 is 5.56 Å². The normalized spacial score (nSPS) is 10.3. The van der Waals surface area contributed by atoms with Crippen LogP contribution in [0.1, 0.15) is 15.5 Å². The molecule has 0 aliphatic carbocycles. The zero-order valence-electron chi connectivity index (χ0n) is 8.25. The summed E-state index contributed by atoms with van der Waals surface area (Å²) in [7, 11) is 0. The van der Waals surface area contributed by atoms with E-state index in [1.54, 1.807) is 6.92 Å². The Morgan fingerprint density at radius 1 is 1.50 bits per heavy atom. The number of carbonyl (C=O) groups is 1. The van der Waals surface area contributed by atoms with Gasteiger partial charge >= 0.3 is 5.97 Å². The molecule has 2 rings (SSSR count). The van der Waals surface area contributed by atoms with E-state index in [0.29, 0.717) is 5.00 Å². The maximum atomic E-state index is 11.5. The molecule has 2 heterocycles. The third kappa shape index (κ3) is 1.84. The van der Waals surface area contributed by atoms with Crippen LogP contribution in [-0.2, 0) is 0 Å². The molecule has 82 valence electrons. The first-order chi connectivity index (χ1) is 7.58. The largest absolute Gasteiger partial charge is 0.476 e. The van der Waals surface area contributed by atoms with Crippen molar-refractivity contribution < 1.29 is 9.90 Å². The van der Waals surface area contributed by atoms with Crippen LogP contribution in [0.3, 0.4) is 0 Å². The number of rotatable bonds is 2. The van der Waals surface area contributed by atoms with Crippen molar-refractivity contribution in [1.82, 2.24) is 14.8 Å². The SMILES string of the molecule is Cc1ncc(-n2nc(C(=O)O)ccc2=O)s1. The molecule has 0 spiro atoms. The average molecular weight is 237 g/mol. The zero-order valence-corrected chi connectivity index (χ0v) is 9.06. The molecule has 16 heavy (non-hydrogen) atoms. The Bertz CT molecular complexity index is 602. The summed E-state index contributed by atoms with van der Waals surface area (Å²) in [6, 6.07) is 2.35. The summed E-state index contributed by atoms with van der Waals surface area (Å²) in [4.78, 5) is 26.2. The standard InChI is InChI=1S/C9H7N3O3S/c1-5-10-4-8(16-5)12-7(13)3-2-6(11-12)9(14)15/h2-4H,1H3,(H,14,15). The van der Waals surface area contributed by atoms with Gasteiger partial charge in [0.1, 0.15) is 5.00 Å². The van der Waals surface area contributed by atoms with Gasteiger partial charge in [-0.15, -0.1) is 0 Å². The van der Waals surface area contributed by atoms with Crippen molar-refractivity contribution in [3.05, 3.63) is 39.4 Å². The molecule has 2 aromatic rings. The van der Waals surface area contributed by atoms with Crippen molar-refractivity contribution in [1.29, 1.82) is 0 Å². The van der Waals surface area contributed by atoms with E-state index in [-0.39, 0.29) is 11.3 Å². The summed E-state index contributed by atoms with van der Waals surface area (Å²) in [5.41, 5.74) is -0.556. The van der Waals surface area contributed by atoms with E-state index in [9.17, 15) is 9.59 Å². The lowest BCUT2D eigenvalue weighted by molar-refractivity contribution is 0.0688. The molecule has 7 heteroatoms. The molecule has 0 fully saturated rings. The number of carboxylic acids is 1. The van der Waals surface area contributed by atoms with Gasteiger partial charge in [0.2, 0.25) is 0 Å². The first-order valence-corrected chi connectivity index (χ1v) is 5.16. The fraction of sp³-hybridized carbons (Fsp3) is 0.111. The lowest BCUT2D eigenvalue weighted by Gasteiger charge is -2.00. The van der Waals surface area contributed by atoms with Gasteiger partial charge in [-0.05, 0) is 13.0 Å². The number of aryl methyl sites for hydroxylation is 1. The van der Waals surface area contributed by atoms with Crippen LogP contribution in [0, 0.1) is 6.92 Å². The van der Waals surface area contributed by atoms with Gasteiger partial charge in [0.15, 0.2) is 5.69 Å². The van der Waals surface area contributed by atoms with Gasteiger partial charge in [0.05, 0.1) is 11.2 Å². The highest BCUT2D eigenvalue weighted by Crippen LogP contribution is 2.13. The summed E-state index contributed by atoms with van der Waals surface area (Å²) < 4.78 is 1.04. The van der Waals surface area contributed by atoms with Crippen LogP contribution in [0.4, 0.5) is 0 Å². The number of aromatic nitrogens is 3. The van der Waals surface area contributed by atoms with Crippen molar-refractivity contribution in [2.24, 2.45) is 0 Å². The summed E-state index contributed by atoms with van der Waals surface area (Å²) in [6.07, 6.45) is 1.49. The van der Waals surface area contributed by atoms with Crippen LogP contribution >= 0.6 is 11.3 Å². The summed E-state index contributed by atoms with van der Waals surface area (Å²) in [5.74, 6) is -1.17. The van der Waals surface area contributed by atoms with Crippen LogP contribution in [0.25, 0.3) is 5.00 Å². The minimum absolute atomic E-state index is 0.175. The maximum Gasteiger partial charge on any atom is 0.356 e. The van der Waals surface area contributed by atoms with E-state index < -0.39 is 5.97 Å². The van der Waals surface area contributed by atoms with Gasteiger partial charge < -0.3 is 5.11 Å². The highest BCUT2D eigenvalue weighted by molar-refractivity contribution is 7.14. The number of nitrogens with zero attached hydrogens (tertiary/aromatic N) is 3. The molecule has 0 unspecified atom stereocenters. The fourth-order valence-electron chi connectivity index (χ4n) is 1.13. The van der Waals surface area contributed by atoms with Crippen LogP contribution in [0.5, 0.6) is 0 Å². The Balaban J connectivity index is 2.60. The fourth-order valence-corrected chi connectivity index (χ4v) is 1.86. The molecule has 6 nitrogen and oxygen atoms in total. The van der Waals surface area contributed by atoms with Crippen molar-refractivity contribution in [3.8, 4) is 5.00 Å². The average Bonchev–Trinajstić information content (AvgIpc) is 2.65. The Morgan fingerprint density at radius 2 is 2.25 bits per heavy atom. The minimum atomic E-state index is -1.17. The lowest BCUT2D eigenvalue weighted by atomic mass is 10.4. The lowest BCUT2D eigenvalue weighted by Crippen LogP contribution is -2.21. The Morgan fingerprint density at radius 3 is 2.81 bits per heavy atom. The number of hydrogen-bond acceptors (Lipinski definition) is 5. The molecule has 1 N–H and O–H groups in total. The minimum Gasteiger partial charge on any atom is -0.476 e. The molecule has 0 saturated heterocycles. The first kappa shape index (κ1) is 10.5. The second-order valence-corrected chi connectivity index (χ2v) is 4.20. The predicted molar refractivity (Wildman–Crippen MR) is 57.2 cm³/mol. The Kier molecular flexibility index (Phi) is 2.53. The molecule has 0 aromatic carbocycles.